The second kappa shape index (κ2) is 4.33. The standard InChI is InChI=1S/C2H3N3O3S2.Na.H/c6-10(7,8)5-2-3-1-4-9-2;;/h1H,(H,3,4,5)(H,6,7,8);;/q;+1;-1. The van der Waals surface area contributed by atoms with Crippen LogP contribution in [-0.4, -0.2) is 22.3 Å². The summed E-state index contributed by atoms with van der Waals surface area (Å²) in [5.74, 6) is 0. The third-order valence-corrected chi connectivity index (χ3v) is 1.74. The van der Waals surface area contributed by atoms with Crippen LogP contribution in [0.15, 0.2) is 6.33 Å². The van der Waals surface area contributed by atoms with Gasteiger partial charge in [0.25, 0.3) is 0 Å². The summed E-state index contributed by atoms with van der Waals surface area (Å²) in [6, 6.07) is 0. The number of anilines is 1. The Hall–Kier alpha value is 0.270. The summed E-state index contributed by atoms with van der Waals surface area (Å²) in [5.41, 5.74) is 0. The maximum absolute atomic E-state index is 10.1. The summed E-state index contributed by atoms with van der Waals surface area (Å²) in [4.78, 5) is 3.46. The van der Waals surface area contributed by atoms with Crippen molar-refractivity contribution < 1.29 is 44.0 Å². The van der Waals surface area contributed by atoms with Gasteiger partial charge in [-0.3, -0.25) is 4.55 Å². The van der Waals surface area contributed by atoms with E-state index in [9.17, 15) is 8.42 Å². The molecular formula is C2H4N3NaO3S2. The first-order valence-electron chi connectivity index (χ1n) is 2.10. The van der Waals surface area contributed by atoms with Crippen LogP contribution in [0, 0.1) is 0 Å². The van der Waals surface area contributed by atoms with Crippen LogP contribution >= 0.6 is 11.5 Å². The van der Waals surface area contributed by atoms with Crippen LogP contribution in [0.4, 0.5) is 5.13 Å². The largest absolute Gasteiger partial charge is 1.00 e. The molecule has 0 saturated heterocycles. The molecule has 1 aromatic rings. The minimum absolute atomic E-state index is 0. The zero-order valence-electron chi connectivity index (χ0n) is 6.55. The Kier molecular flexibility index (Phi) is 4.44. The number of nitrogens with zero attached hydrogens (tertiary/aromatic N) is 2. The van der Waals surface area contributed by atoms with Gasteiger partial charge in [0.05, 0.1) is 0 Å². The van der Waals surface area contributed by atoms with Crippen LogP contribution in [0.1, 0.15) is 1.43 Å². The van der Waals surface area contributed by atoms with Crippen molar-refractivity contribution in [2.45, 2.75) is 0 Å². The van der Waals surface area contributed by atoms with Crippen molar-refractivity contribution in [2.75, 3.05) is 4.72 Å². The van der Waals surface area contributed by atoms with E-state index in [-0.39, 0.29) is 36.1 Å². The molecule has 0 bridgehead atoms. The topological polar surface area (TPSA) is 92.2 Å². The van der Waals surface area contributed by atoms with Gasteiger partial charge in [-0.1, -0.05) is 0 Å². The molecule has 0 radical (unpaired) electrons. The molecule has 58 valence electrons. The predicted octanol–water partition coefficient (Wildman–Crippen LogP) is -3.13. The van der Waals surface area contributed by atoms with E-state index in [1.54, 1.807) is 4.72 Å². The number of hydrogen-bond donors (Lipinski definition) is 2. The van der Waals surface area contributed by atoms with Crippen LogP contribution in [0.2, 0.25) is 0 Å². The van der Waals surface area contributed by atoms with E-state index < -0.39 is 10.3 Å². The number of nitrogens with one attached hydrogen (secondary N) is 1. The smallest absolute Gasteiger partial charge is 1.00 e. The first kappa shape index (κ1) is 11.3. The van der Waals surface area contributed by atoms with Gasteiger partial charge >= 0.3 is 39.9 Å². The average molecular weight is 205 g/mol. The fraction of sp³-hybridized carbons (Fsp3) is 0. The van der Waals surface area contributed by atoms with Crippen LogP contribution in [0.25, 0.3) is 0 Å². The van der Waals surface area contributed by atoms with Crippen molar-refractivity contribution in [3.63, 3.8) is 0 Å². The van der Waals surface area contributed by atoms with Crippen LogP contribution in [0.5, 0.6) is 0 Å². The van der Waals surface area contributed by atoms with E-state index >= 15 is 0 Å². The molecule has 1 aromatic heterocycles. The van der Waals surface area contributed by atoms with Gasteiger partial charge in [-0.15, -0.1) is 0 Å². The summed E-state index contributed by atoms with van der Waals surface area (Å²) < 4.78 is 33.6. The van der Waals surface area contributed by atoms with E-state index in [4.69, 9.17) is 4.55 Å². The Morgan fingerprint density at radius 2 is 2.36 bits per heavy atom. The summed E-state index contributed by atoms with van der Waals surface area (Å²) in [6.07, 6.45) is 1.18. The molecule has 0 aliphatic heterocycles. The molecular weight excluding hydrogens is 201 g/mol. The molecule has 0 amide bonds. The van der Waals surface area contributed by atoms with Crippen molar-refractivity contribution in [3.8, 4) is 0 Å². The molecule has 11 heavy (non-hydrogen) atoms. The zero-order chi connectivity index (χ0) is 7.61. The second-order valence-corrected chi connectivity index (χ2v) is 3.26. The molecule has 0 fully saturated rings. The molecule has 6 nitrogen and oxygen atoms in total. The maximum atomic E-state index is 10.1. The predicted molar refractivity (Wildman–Crippen MR) is 36.2 cm³/mol. The Morgan fingerprint density at radius 3 is 2.73 bits per heavy atom. The molecule has 2 N–H and O–H groups in total. The SMILES string of the molecule is O=S(=O)(O)Nc1ncns1.[H-].[Na+]. The Labute approximate surface area is 90.9 Å². The quantitative estimate of drug-likeness (QED) is 0.393. The minimum Gasteiger partial charge on any atom is -1.00 e. The van der Waals surface area contributed by atoms with Gasteiger partial charge in [0.1, 0.15) is 6.33 Å². The van der Waals surface area contributed by atoms with Gasteiger partial charge in [-0.2, -0.15) is 12.8 Å². The maximum Gasteiger partial charge on any atom is 1.00 e. The van der Waals surface area contributed by atoms with Gasteiger partial charge in [0.15, 0.2) is 0 Å². The Bertz CT molecular complexity index is 299. The van der Waals surface area contributed by atoms with Gasteiger partial charge in [-0.05, 0) is 0 Å². The molecule has 0 atom stereocenters. The van der Waals surface area contributed by atoms with Gasteiger partial charge < -0.3 is 1.43 Å². The Morgan fingerprint density at radius 1 is 1.73 bits per heavy atom. The minimum atomic E-state index is -4.19. The van der Waals surface area contributed by atoms with E-state index in [1.165, 1.54) is 6.33 Å². The van der Waals surface area contributed by atoms with Crippen molar-refractivity contribution in [1.29, 1.82) is 0 Å². The summed E-state index contributed by atoms with van der Waals surface area (Å²) >= 11 is 0.838. The molecule has 0 aliphatic rings. The molecule has 9 heteroatoms. The van der Waals surface area contributed by atoms with Crippen molar-refractivity contribution >= 4 is 27.0 Å². The first-order valence-corrected chi connectivity index (χ1v) is 4.31. The molecule has 0 aromatic carbocycles. The van der Waals surface area contributed by atoms with Crippen molar-refractivity contribution in [1.82, 2.24) is 9.36 Å². The molecule has 1 rings (SSSR count). The second-order valence-electron chi connectivity index (χ2n) is 1.32. The molecule has 0 aliphatic carbocycles. The van der Waals surface area contributed by atoms with Crippen LogP contribution in [-0.2, 0) is 10.3 Å². The Balaban J connectivity index is 0. The molecule has 0 unspecified atom stereocenters. The number of hydrogen-bond acceptors (Lipinski definition) is 5. The van der Waals surface area contributed by atoms with E-state index in [0.717, 1.165) is 11.5 Å². The third kappa shape index (κ3) is 4.67. The van der Waals surface area contributed by atoms with Gasteiger partial charge in [0, 0.05) is 11.5 Å². The molecule has 1 heterocycles. The summed E-state index contributed by atoms with van der Waals surface area (Å²) in [7, 11) is -4.19. The summed E-state index contributed by atoms with van der Waals surface area (Å²) in [6.45, 7) is 0. The van der Waals surface area contributed by atoms with Crippen molar-refractivity contribution in [3.05, 3.63) is 6.33 Å². The van der Waals surface area contributed by atoms with E-state index in [2.05, 4.69) is 9.36 Å². The normalized spacial score (nSPS) is 10.3. The molecule has 0 spiro atoms. The van der Waals surface area contributed by atoms with E-state index in [0.29, 0.717) is 0 Å². The fourth-order valence-corrected chi connectivity index (χ4v) is 1.36. The van der Waals surface area contributed by atoms with Crippen LogP contribution in [0.3, 0.4) is 0 Å². The van der Waals surface area contributed by atoms with Crippen LogP contribution < -0.4 is 34.3 Å². The van der Waals surface area contributed by atoms with Crippen molar-refractivity contribution in [2.24, 2.45) is 0 Å². The number of aromatic nitrogens is 2. The van der Waals surface area contributed by atoms with Gasteiger partial charge in [0.2, 0.25) is 5.13 Å². The zero-order valence-corrected chi connectivity index (χ0v) is 9.18. The van der Waals surface area contributed by atoms with E-state index in [1.807, 2.05) is 0 Å². The first-order chi connectivity index (χ1) is 4.58. The van der Waals surface area contributed by atoms with Gasteiger partial charge in [-0.25, -0.2) is 9.71 Å². The fourth-order valence-electron chi connectivity index (χ4n) is 0.328. The molecule has 0 saturated carbocycles. The number of rotatable bonds is 2. The average Bonchev–Trinajstić information content (AvgIpc) is 2.12. The summed E-state index contributed by atoms with van der Waals surface area (Å²) in [5, 5.41) is 0.0440. The monoisotopic (exact) mass is 205 g/mol. The third-order valence-electron chi connectivity index (χ3n) is 0.578.